The zero-order valence-corrected chi connectivity index (χ0v) is 11.9. The van der Waals surface area contributed by atoms with Crippen LogP contribution < -0.4 is 20.5 Å². The zero-order valence-electron chi connectivity index (χ0n) is 11.2. The molecule has 0 aliphatic rings. The average molecular weight is 287 g/mol. The lowest BCUT2D eigenvalue weighted by Gasteiger charge is -2.14. The highest BCUT2D eigenvalue weighted by atomic mass is 35.5. The van der Waals surface area contributed by atoms with Crippen LogP contribution in [0.4, 0.5) is 0 Å². The number of carbonyl (C=O) groups excluding carboxylic acids is 1. The van der Waals surface area contributed by atoms with E-state index in [1.54, 1.807) is 26.3 Å². The molecule has 0 spiro atoms. The lowest BCUT2D eigenvalue weighted by Crippen LogP contribution is -2.18. The second kappa shape index (κ2) is 7.86. The van der Waals surface area contributed by atoms with Crippen molar-refractivity contribution < 1.29 is 14.3 Å². The summed E-state index contributed by atoms with van der Waals surface area (Å²) in [6, 6.07) is 3.42. The van der Waals surface area contributed by atoms with Crippen molar-refractivity contribution in [3.63, 3.8) is 0 Å². The van der Waals surface area contributed by atoms with Crippen LogP contribution in [-0.2, 0) is 11.3 Å². The van der Waals surface area contributed by atoms with Gasteiger partial charge in [0, 0.05) is 36.7 Å². The molecule has 0 aromatic heterocycles. The van der Waals surface area contributed by atoms with Crippen molar-refractivity contribution in [2.24, 2.45) is 5.73 Å². The number of halogens is 1. The number of methoxy groups -OCH3 is 1. The largest absolute Gasteiger partial charge is 0.493 e. The zero-order chi connectivity index (χ0) is 14.3. The predicted molar refractivity (Wildman–Crippen MR) is 74.7 cm³/mol. The summed E-state index contributed by atoms with van der Waals surface area (Å²) in [4.78, 5) is 11.1. The minimum Gasteiger partial charge on any atom is -0.493 e. The molecule has 1 rings (SSSR count). The second-order valence-electron chi connectivity index (χ2n) is 3.93. The van der Waals surface area contributed by atoms with E-state index in [4.69, 9.17) is 26.8 Å². The summed E-state index contributed by atoms with van der Waals surface area (Å²) in [6.45, 7) is 0.722. The molecule has 0 aliphatic carbocycles. The van der Waals surface area contributed by atoms with Crippen LogP contribution in [0.15, 0.2) is 12.1 Å². The Morgan fingerprint density at radius 1 is 1.47 bits per heavy atom. The van der Waals surface area contributed by atoms with E-state index in [-0.39, 0.29) is 5.91 Å². The van der Waals surface area contributed by atoms with Crippen LogP contribution in [0.1, 0.15) is 18.4 Å². The number of rotatable bonds is 7. The third-order valence-corrected chi connectivity index (χ3v) is 2.83. The van der Waals surface area contributed by atoms with E-state index in [1.165, 1.54) is 0 Å². The Labute approximate surface area is 118 Å². The molecular weight excluding hydrogens is 268 g/mol. The molecule has 106 valence electrons. The number of carbonyl (C=O) groups is 1. The first-order chi connectivity index (χ1) is 9.12. The van der Waals surface area contributed by atoms with E-state index in [9.17, 15) is 4.79 Å². The molecule has 1 amide bonds. The molecule has 5 nitrogen and oxygen atoms in total. The molecular formula is C13H19ClN2O3. The molecule has 6 heteroatoms. The number of ether oxygens (including phenoxy) is 2. The lowest BCUT2D eigenvalue weighted by atomic mass is 10.2. The van der Waals surface area contributed by atoms with Crippen molar-refractivity contribution in [2.75, 3.05) is 20.8 Å². The summed E-state index contributed by atoms with van der Waals surface area (Å²) < 4.78 is 10.9. The van der Waals surface area contributed by atoms with E-state index in [2.05, 4.69) is 5.32 Å². The highest BCUT2D eigenvalue weighted by Gasteiger charge is 2.12. The van der Waals surface area contributed by atoms with Gasteiger partial charge in [0.05, 0.1) is 13.7 Å². The second-order valence-corrected chi connectivity index (χ2v) is 4.36. The van der Waals surface area contributed by atoms with Crippen LogP contribution in [0.25, 0.3) is 0 Å². The summed E-state index contributed by atoms with van der Waals surface area (Å²) in [7, 11) is 3.15. The number of amides is 1. The van der Waals surface area contributed by atoms with Crippen molar-refractivity contribution in [2.45, 2.75) is 19.4 Å². The van der Waals surface area contributed by atoms with Gasteiger partial charge in [-0.3, -0.25) is 4.79 Å². The van der Waals surface area contributed by atoms with Gasteiger partial charge in [0.1, 0.15) is 0 Å². The van der Waals surface area contributed by atoms with Crippen LogP contribution in [0.5, 0.6) is 11.5 Å². The van der Waals surface area contributed by atoms with Crippen molar-refractivity contribution in [1.29, 1.82) is 0 Å². The predicted octanol–water partition coefficient (Wildman–Crippen LogP) is 1.71. The molecule has 19 heavy (non-hydrogen) atoms. The number of nitrogens with two attached hydrogens (primary N) is 1. The molecule has 0 heterocycles. The molecule has 0 radical (unpaired) electrons. The van der Waals surface area contributed by atoms with E-state index in [0.29, 0.717) is 42.5 Å². The van der Waals surface area contributed by atoms with E-state index < -0.39 is 0 Å². The van der Waals surface area contributed by atoms with Gasteiger partial charge in [-0.15, -0.1) is 0 Å². The van der Waals surface area contributed by atoms with Gasteiger partial charge in [-0.1, -0.05) is 11.6 Å². The fourth-order valence-electron chi connectivity index (χ4n) is 1.62. The Balaban J connectivity index is 2.68. The smallest absolute Gasteiger partial charge is 0.219 e. The lowest BCUT2D eigenvalue weighted by molar-refractivity contribution is -0.120. The number of hydrogen-bond donors (Lipinski definition) is 2. The number of hydrogen-bond acceptors (Lipinski definition) is 4. The topological polar surface area (TPSA) is 73.6 Å². The van der Waals surface area contributed by atoms with Gasteiger partial charge >= 0.3 is 0 Å². The van der Waals surface area contributed by atoms with Gasteiger partial charge in [-0.2, -0.15) is 0 Å². The molecule has 0 fully saturated rings. The highest BCUT2D eigenvalue weighted by molar-refractivity contribution is 6.30. The van der Waals surface area contributed by atoms with E-state index in [0.717, 1.165) is 5.56 Å². The minimum absolute atomic E-state index is 0.00859. The maximum Gasteiger partial charge on any atom is 0.219 e. The van der Waals surface area contributed by atoms with Crippen LogP contribution in [-0.4, -0.2) is 26.7 Å². The first kappa shape index (κ1) is 15.6. The van der Waals surface area contributed by atoms with Crippen LogP contribution in [0, 0.1) is 0 Å². The van der Waals surface area contributed by atoms with Crippen molar-refractivity contribution in [3.05, 3.63) is 22.7 Å². The summed E-state index contributed by atoms with van der Waals surface area (Å²) in [5.41, 5.74) is 6.44. The van der Waals surface area contributed by atoms with Gasteiger partial charge in [0.25, 0.3) is 0 Å². The first-order valence-electron chi connectivity index (χ1n) is 6.02. The summed E-state index contributed by atoms with van der Waals surface area (Å²) in [5.74, 6) is 1.13. The maximum absolute atomic E-state index is 11.1. The Morgan fingerprint density at radius 2 is 2.21 bits per heavy atom. The van der Waals surface area contributed by atoms with Crippen molar-refractivity contribution in [1.82, 2.24) is 5.32 Å². The summed E-state index contributed by atoms with van der Waals surface area (Å²) in [6.07, 6.45) is 1.04. The summed E-state index contributed by atoms with van der Waals surface area (Å²) >= 11 is 5.96. The monoisotopic (exact) mass is 286 g/mol. The molecule has 0 aliphatic heterocycles. The highest BCUT2D eigenvalue weighted by Crippen LogP contribution is 2.34. The van der Waals surface area contributed by atoms with E-state index >= 15 is 0 Å². The van der Waals surface area contributed by atoms with Crippen molar-refractivity contribution in [3.8, 4) is 11.5 Å². The fraction of sp³-hybridized carbons (Fsp3) is 0.462. The third-order valence-electron chi connectivity index (χ3n) is 2.61. The van der Waals surface area contributed by atoms with E-state index in [1.807, 2.05) is 0 Å². The molecule has 0 saturated carbocycles. The minimum atomic E-state index is -0.00859. The van der Waals surface area contributed by atoms with Crippen LogP contribution >= 0.6 is 11.6 Å². The fourth-order valence-corrected chi connectivity index (χ4v) is 1.85. The molecule has 3 N–H and O–H groups in total. The Bertz CT molecular complexity index is 413. The van der Waals surface area contributed by atoms with Crippen molar-refractivity contribution >= 4 is 17.5 Å². The third kappa shape index (κ3) is 4.61. The van der Waals surface area contributed by atoms with Gasteiger partial charge in [0.15, 0.2) is 11.5 Å². The number of nitrogens with one attached hydrogen (secondary N) is 1. The molecule has 0 saturated heterocycles. The quantitative estimate of drug-likeness (QED) is 0.749. The Kier molecular flexibility index (Phi) is 6.45. The first-order valence-corrected chi connectivity index (χ1v) is 6.40. The summed E-state index contributed by atoms with van der Waals surface area (Å²) in [5, 5.41) is 3.11. The maximum atomic E-state index is 11.1. The molecule has 0 atom stereocenters. The van der Waals surface area contributed by atoms with Gasteiger partial charge in [0.2, 0.25) is 5.91 Å². The molecule has 1 aromatic carbocycles. The van der Waals surface area contributed by atoms with Crippen LogP contribution in [0.3, 0.4) is 0 Å². The molecule has 1 aromatic rings. The normalized spacial score (nSPS) is 10.1. The Morgan fingerprint density at radius 3 is 2.79 bits per heavy atom. The van der Waals surface area contributed by atoms with Gasteiger partial charge < -0.3 is 20.5 Å². The SMILES string of the molecule is CNC(=O)CCCOc1c(CN)cc(Cl)cc1OC. The standard InChI is InChI=1S/C13H19ClN2O3/c1-16-12(17)4-3-5-19-13-9(8-15)6-10(14)7-11(13)18-2/h6-7H,3-5,8,15H2,1-2H3,(H,16,17). The molecule has 0 bridgehead atoms. The van der Waals surface area contributed by atoms with Gasteiger partial charge in [-0.25, -0.2) is 0 Å². The van der Waals surface area contributed by atoms with Crippen LogP contribution in [0.2, 0.25) is 5.02 Å². The Hall–Kier alpha value is -1.46. The van der Waals surface area contributed by atoms with Gasteiger partial charge in [-0.05, 0) is 12.5 Å². The average Bonchev–Trinajstić information content (AvgIpc) is 2.43. The molecule has 0 unspecified atom stereocenters. The number of benzene rings is 1.